The van der Waals surface area contributed by atoms with Gasteiger partial charge in [0.05, 0.1) is 6.04 Å². The molecule has 6 heteroatoms. The minimum atomic E-state index is -0.633. The Hall–Kier alpha value is -2.63. The molecule has 2 heterocycles. The second-order valence-corrected chi connectivity index (χ2v) is 7.38. The van der Waals surface area contributed by atoms with Crippen LogP contribution in [0.1, 0.15) is 34.8 Å². The number of likely N-dealkylation sites (tertiary alicyclic amines) is 1. The highest BCUT2D eigenvalue weighted by atomic mass is 35.5. The molecule has 1 aliphatic rings. The van der Waals surface area contributed by atoms with Crippen molar-refractivity contribution in [2.24, 2.45) is 0 Å². The minimum Gasteiger partial charge on any atom is -0.422 e. The molecule has 0 spiro atoms. The molecule has 3 aromatic rings. The molecule has 1 amide bonds. The number of rotatable bonds is 5. The van der Waals surface area contributed by atoms with Gasteiger partial charge in [0.1, 0.15) is 11.1 Å². The van der Waals surface area contributed by atoms with Crippen molar-refractivity contribution in [3.05, 3.63) is 81.2 Å². The fourth-order valence-electron chi connectivity index (χ4n) is 3.74. The van der Waals surface area contributed by atoms with Crippen LogP contribution in [0.15, 0.2) is 63.8 Å². The molecule has 28 heavy (non-hydrogen) atoms. The van der Waals surface area contributed by atoms with Crippen molar-refractivity contribution in [3.63, 3.8) is 0 Å². The van der Waals surface area contributed by atoms with Crippen molar-refractivity contribution in [2.75, 3.05) is 19.6 Å². The highest BCUT2D eigenvalue weighted by Crippen LogP contribution is 2.29. The lowest BCUT2D eigenvalue weighted by Crippen LogP contribution is -2.38. The van der Waals surface area contributed by atoms with Gasteiger partial charge in [0.25, 0.3) is 5.91 Å². The summed E-state index contributed by atoms with van der Waals surface area (Å²) in [7, 11) is 0. The molecular formula is C22H21ClN2O3. The van der Waals surface area contributed by atoms with E-state index < -0.39 is 11.5 Å². The highest BCUT2D eigenvalue weighted by Gasteiger charge is 2.26. The van der Waals surface area contributed by atoms with Crippen molar-refractivity contribution in [1.29, 1.82) is 0 Å². The van der Waals surface area contributed by atoms with E-state index in [4.69, 9.17) is 16.0 Å². The average molecular weight is 397 g/mol. The Kier molecular flexibility index (Phi) is 5.46. The Morgan fingerprint density at radius 3 is 2.61 bits per heavy atom. The van der Waals surface area contributed by atoms with E-state index in [0.29, 0.717) is 17.2 Å². The van der Waals surface area contributed by atoms with Crippen LogP contribution in [0.2, 0.25) is 5.02 Å². The maximum Gasteiger partial charge on any atom is 0.349 e. The molecule has 1 N–H and O–H groups in total. The van der Waals surface area contributed by atoms with Crippen LogP contribution in [0.4, 0.5) is 0 Å². The van der Waals surface area contributed by atoms with Crippen molar-refractivity contribution in [2.45, 2.75) is 18.9 Å². The van der Waals surface area contributed by atoms with Gasteiger partial charge in [-0.15, -0.1) is 0 Å². The molecule has 1 saturated heterocycles. The Balaban J connectivity index is 1.57. The van der Waals surface area contributed by atoms with Crippen molar-refractivity contribution >= 4 is 28.5 Å². The van der Waals surface area contributed by atoms with E-state index in [9.17, 15) is 9.59 Å². The zero-order valence-corrected chi connectivity index (χ0v) is 16.1. The molecule has 1 unspecified atom stereocenters. The quantitative estimate of drug-likeness (QED) is 0.662. The van der Waals surface area contributed by atoms with Gasteiger partial charge in [-0.3, -0.25) is 9.69 Å². The summed E-state index contributed by atoms with van der Waals surface area (Å²) in [4.78, 5) is 27.3. The fraction of sp³-hybridized carbons (Fsp3) is 0.273. The first kappa shape index (κ1) is 18.7. The van der Waals surface area contributed by atoms with E-state index in [1.54, 1.807) is 18.2 Å². The van der Waals surface area contributed by atoms with E-state index in [1.807, 2.05) is 36.4 Å². The van der Waals surface area contributed by atoms with Gasteiger partial charge in [0.15, 0.2) is 0 Å². The molecule has 1 atom stereocenters. The normalized spacial score (nSPS) is 15.6. The van der Waals surface area contributed by atoms with E-state index in [-0.39, 0.29) is 11.6 Å². The molecule has 2 aromatic carbocycles. The lowest BCUT2D eigenvalue weighted by molar-refractivity contribution is 0.0934. The topological polar surface area (TPSA) is 62.6 Å². The molecule has 5 nitrogen and oxygen atoms in total. The summed E-state index contributed by atoms with van der Waals surface area (Å²) in [6.07, 6.45) is 2.26. The summed E-state index contributed by atoms with van der Waals surface area (Å²) in [5.74, 6) is -0.434. The van der Waals surface area contributed by atoms with Gasteiger partial charge in [-0.05, 0) is 49.7 Å². The van der Waals surface area contributed by atoms with Crippen LogP contribution < -0.4 is 10.9 Å². The number of benzene rings is 2. The van der Waals surface area contributed by atoms with Crippen LogP contribution in [0, 0.1) is 0 Å². The first-order valence-corrected chi connectivity index (χ1v) is 9.81. The summed E-state index contributed by atoms with van der Waals surface area (Å²) >= 11 is 6.42. The SMILES string of the molecule is O=C(NCC(c1ccccc1Cl)N1CCCC1)c1cc2ccccc2oc1=O. The molecule has 4 rings (SSSR count). The molecule has 1 fully saturated rings. The number of para-hydroxylation sites is 1. The van der Waals surface area contributed by atoms with Gasteiger partial charge < -0.3 is 9.73 Å². The number of carbonyl (C=O) groups excluding carboxylic acids is 1. The second-order valence-electron chi connectivity index (χ2n) is 6.98. The number of carbonyl (C=O) groups is 1. The molecule has 0 saturated carbocycles. The summed E-state index contributed by atoms with van der Waals surface area (Å²) < 4.78 is 5.28. The van der Waals surface area contributed by atoms with Crippen molar-refractivity contribution in [3.8, 4) is 0 Å². The number of fused-ring (bicyclic) bond motifs is 1. The Morgan fingerprint density at radius 2 is 1.82 bits per heavy atom. The van der Waals surface area contributed by atoms with Crippen LogP contribution in [0.3, 0.4) is 0 Å². The Bertz CT molecular complexity index is 1060. The van der Waals surface area contributed by atoms with Crippen LogP contribution in [-0.2, 0) is 0 Å². The van der Waals surface area contributed by atoms with Gasteiger partial charge in [0.2, 0.25) is 0 Å². The first-order chi connectivity index (χ1) is 13.6. The third-order valence-corrected chi connectivity index (χ3v) is 5.53. The fourth-order valence-corrected chi connectivity index (χ4v) is 4.00. The van der Waals surface area contributed by atoms with E-state index in [0.717, 1.165) is 36.9 Å². The lowest BCUT2D eigenvalue weighted by atomic mass is 10.0. The summed E-state index contributed by atoms with van der Waals surface area (Å²) in [6.45, 7) is 2.29. The maximum atomic E-state index is 12.7. The number of halogens is 1. The van der Waals surface area contributed by atoms with Crippen LogP contribution in [0.25, 0.3) is 11.0 Å². The number of hydrogen-bond acceptors (Lipinski definition) is 4. The molecule has 1 aromatic heterocycles. The van der Waals surface area contributed by atoms with Gasteiger partial charge in [-0.25, -0.2) is 4.79 Å². The zero-order chi connectivity index (χ0) is 19.5. The first-order valence-electron chi connectivity index (χ1n) is 9.43. The number of nitrogens with one attached hydrogen (secondary N) is 1. The van der Waals surface area contributed by atoms with Crippen molar-refractivity contribution < 1.29 is 9.21 Å². The van der Waals surface area contributed by atoms with Gasteiger partial charge in [-0.1, -0.05) is 48.0 Å². The molecule has 0 aliphatic carbocycles. The zero-order valence-electron chi connectivity index (χ0n) is 15.4. The average Bonchev–Trinajstić information content (AvgIpc) is 3.23. The monoisotopic (exact) mass is 396 g/mol. The molecule has 0 radical (unpaired) electrons. The highest BCUT2D eigenvalue weighted by molar-refractivity contribution is 6.31. The van der Waals surface area contributed by atoms with Gasteiger partial charge in [-0.2, -0.15) is 0 Å². The summed E-state index contributed by atoms with van der Waals surface area (Å²) in [5.41, 5.74) is 0.830. The molecule has 144 valence electrons. The minimum absolute atomic E-state index is 0.0121. The molecule has 0 bridgehead atoms. The van der Waals surface area contributed by atoms with Crippen LogP contribution >= 0.6 is 11.6 Å². The lowest BCUT2D eigenvalue weighted by Gasteiger charge is -2.28. The number of amides is 1. The summed E-state index contributed by atoms with van der Waals surface area (Å²) in [6, 6.07) is 16.4. The standard InChI is InChI=1S/C22H21ClN2O3/c23-18-9-3-2-8-16(18)19(25-11-5-6-12-25)14-24-21(26)17-13-15-7-1-4-10-20(15)28-22(17)27/h1-4,7-10,13,19H,5-6,11-12,14H2,(H,24,26). The molecule has 1 aliphatic heterocycles. The Labute approximate surface area is 167 Å². The third-order valence-electron chi connectivity index (χ3n) is 5.19. The Morgan fingerprint density at radius 1 is 1.11 bits per heavy atom. The van der Waals surface area contributed by atoms with Gasteiger partial charge >= 0.3 is 5.63 Å². The van der Waals surface area contributed by atoms with E-state index >= 15 is 0 Å². The van der Waals surface area contributed by atoms with E-state index in [1.165, 1.54) is 0 Å². The number of hydrogen-bond donors (Lipinski definition) is 1. The summed E-state index contributed by atoms with van der Waals surface area (Å²) in [5, 5.41) is 4.30. The van der Waals surface area contributed by atoms with Crippen molar-refractivity contribution in [1.82, 2.24) is 10.2 Å². The smallest absolute Gasteiger partial charge is 0.349 e. The van der Waals surface area contributed by atoms with E-state index in [2.05, 4.69) is 10.2 Å². The maximum absolute atomic E-state index is 12.7. The third kappa shape index (κ3) is 3.81. The predicted molar refractivity (Wildman–Crippen MR) is 110 cm³/mol. The van der Waals surface area contributed by atoms with Gasteiger partial charge in [0, 0.05) is 17.0 Å². The van der Waals surface area contributed by atoms with Crippen LogP contribution in [0.5, 0.6) is 0 Å². The number of nitrogens with zero attached hydrogens (tertiary/aromatic N) is 1. The largest absolute Gasteiger partial charge is 0.422 e. The molecular weight excluding hydrogens is 376 g/mol. The predicted octanol–water partition coefficient (Wildman–Crippen LogP) is 4.01. The van der Waals surface area contributed by atoms with Crippen LogP contribution in [-0.4, -0.2) is 30.4 Å². The second kappa shape index (κ2) is 8.17.